The molecule has 0 N–H and O–H groups in total. The van der Waals surface area contributed by atoms with Crippen LogP contribution in [0.5, 0.6) is 0 Å². The van der Waals surface area contributed by atoms with Crippen LogP contribution in [0.1, 0.15) is 12.0 Å². The molecular formula is C16H14Cl2. The van der Waals surface area contributed by atoms with Crippen LogP contribution in [-0.4, -0.2) is 0 Å². The van der Waals surface area contributed by atoms with Crippen LogP contribution in [0.25, 0.3) is 11.1 Å². The molecule has 0 nitrogen and oxygen atoms in total. The van der Waals surface area contributed by atoms with Gasteiger partial charge >= 0.3 is 0 Å². The molecule has 0 aliphatic rings. The third-order valence-corrected chi connectivity index (χ3v) is 3.33. The van der Waals surface area contributed by atoms with Crippen molar-refractivity contribution in [2.75, 3.05) is 0 Å². The third kappa shape index (κ3) is 3.16. The molecule has 0 aromatic heterocycles. The molecule has 0 fully saturated rings. The van der Waals surface area contributed by atoms with Crippen LogP contribution in [0.4, 0.5) is 0 Å². The van der Waals surface area contributed by atoms with Crippen LogP contribution in [0.3, 0.4) is 0 Å². The number of halogens is 2. The van der Waals surface area contributed by atoms with Gasteiger partial charge in [0.1, 0.15) is 0 Å². The maximum absolute atomic E-state index is 6.06. The fourth-order valence-electron chi connectivity index (χ4n) is 1.94. The smallest absolute Gasteiger partial charge is 0.0409 e. The van der Waals surface area contributed by atoms with Crippen LogP contribution in [0.15, 0.2) is 55.1 Å². The van der Waals surface area contributed by atoms with E-state index in [1.54, 1.807) is 0 Å². The van der Waals surface area contributed by atoms with Crippen molar-refractivity contribution in [2.24, 2.45) is 0 Å². The molecule has 0 heterocycles. The monoisotopic (exact) mass is 276 g/mol. The minimum absolute atomic E-state index is 0.750. The number of allylic oxidation sites excluding steroid dienone is 1. The Labute approximate surface area is 118 Å². The molecule has 0 unspecified atom stereocenters. The standard InChI is InChI=1S/C16H14Cl2/c1-2-3-4-13-11-15(18)9-10-16(13)12-5-7-14(17)8-6-12/h2,5-11H,1,3-4H2. The quantitative estimate of drug-likeness (QED) is 0.621. The van der Waals surface area contributed by atoms with Crippen molar-refractivity contribution < 1.29 is 0 Å². The van der Waals surface area contributed by atoms with E-state index in [2.05, 4.69) is 12.6 Å². The molecule has 0 atom stereocenters. The summed E-state index contributed by atoms with van der Waals surface area (Å²) >= 11 is 12.0. The normalized spacial score (nSPS) is 10.3. The zero-order valence-corrected chi connectivity index (χ0v) is 11.5. The van der Waals surface area contributed by atoms with E-state index in [-0.39, 0.29) is 0 Å². The van der Waals surface area contributed by atoms with Crippen molar-refractivity contribution in [1.82, 2.24) is 0 Å². The second kappa shape index (κ2) is 6.08. The molecule has 2 aromatic carbocycles. The number of rotatable bonds is 4. The Morgan fingerprint density at radius 2 is 1.61 bits per heavy atom. The highest BCUT2D eigenvalue weighted by Crippen LogP contribution is 2.28. The number of benzene rings is 2. The molecule has 2 aromatic rings. The predicted molar refractivity (Wildman–Crippen MR) is 80.4 cm³/mol. The van der Waals surface area contributed by atoms with Crippen LogP contribution >= 0.6 is 23.2 Å². The van der Waals surface area contributed by atoms with E-state index in [0.29, 0.717) is 0 Å². The second-order valence-corrected chi connectivity index (χ2v) is 5.01. The first-order valence-electron chi connectivity index (χ1n) is 5.86. The molecule has 0 saturated carbocycles. The topological polar surface area (TPSA) is 0 Å². The van der Waals surface area contributed by atoms with E-state index in [1.807, 2.05) is 42.5 Å². The van der Waals surface area contributed by atoms with E-state index in [4.69, 9.17) is 23.2 Å². The van der Waals surface area contributed by atoms with Crippen molar-refractivity contribution in [1.29, 1.82) is 0 Å². The Morgan fingerprint density at radius 3 is 2.28 bits per heavy atom. The van der Waals surface area contributed by atoms with Gasteiger partial charge in [-0.15, -0.1) is 6.58 Å². The molecule has 0 aliphatic carbocycles. The lowest BCUT2D eigenvalue weighted by molar-refractivity contribution is 1.01. The lowest BCUT2D eigenvalue weighted by atomic mass is 9.97. The molecule has 0 radical (unpaired) electrons. The highest BCUT2D eigenvalue weighted by atomic mass is 35.5. The van der Waals surface area contributed by atoms with Crippen LogP contribution in [0, 0.1) is 0 Å². The summed E-state index contributed by atoms with van der Waals surface area (Å²) in [4.78, 5) is 0. The van der Waals surface area contributed by atoms with Gasteiger partial charge in [-0.3, -0.25) is 0 Å². The van der Waals surface area contributed by atoms with E-state index < -0.39 is 0 Å². The van der Waals surface area contributed by atoms with Gasteiger partial charge in [0.15, 0.2) is 0 Å². The lowest BCUT2D eigenvalue weighted by Crippen LogP contribution is -1.89. The fraction of sp³-hybridized carbons (Fsp3) is 0.125. The fourth-order valence-corrected chi connectivity index (χ4v) is 2.26. The molecule has 2 rings (SSSR count). The van der Waals surface area contributed by atoms with Gasteiger partial charge in [0.05, 0.1) is 0 Å². The molecule has 92 valence electrons. The zero-order valence-electron chi connectivity index (χ0n) is 10.00. The first kappa shape index (κ1) is 13.2. The Kier molecular flexibility index (Phi) is 4.46. The van der Waals surface area contributed by atoms with Crippen molar-refractivity contribution in [3.05, 3.63) is 70.7 Å². The summed E-state index contributed by atoms with van der Waals surface area (Å²) in [6.07, 6.45) is 3.81. The SMILES string of the molecule is C=CCCc1cc(Cl)ccc1-c1ccc(Cl)cc1. The highest BCUT2D eigenvalue weighted by molar-refractivity contribution is 6.31. The summed E-state index contributed by atoms with van der Waals surface area (Å²) in [5.74, 6) is 0. The van der Waals surface area contributed by atoms with Crippen LogP contribution in [0.2, 0.25) is 10.0 Å². The zero-order chi connectivity index (χ0) is 13.0. The maximum Gasteiger partial charge on any atom is 0.0409 e. The number of hydrogen-bond acceptors (Lipinski definition) is 0. The van der Waals surface area contributed by atoms with Gasteiger partial charge in [0.2, 0.25) is 0 Å². The van der Waals surface area contributed by atoms with E-state index in [9.17, 15) is 0 Å². The molecule has 0 aliphatic heterocycles. The molecule has 0 bridgehead atoms. The number of hydrogen-bond donors (Lipinski definition) is 0. The third-order valence-electron chi connectivity index (χ3n) is 2.84. The Hall–Kier alpha value is -1.24. The first-order chi connectivity index (χ1) is 8.70. The first-order valence-corrected chi connectivity index (χ1v) is 6.61. The second-order valence-electron chi connectivity index (χ2n) is 4.14. The Morgan fingerprint density at radius 1 is 0.944 bits per heavy atom. The van der Waals surface area contributed by atoms with E-state index in [0.717, 1.165) is 28.5 Å². The molecule has 0 amide bonds. The summed E-state index contributed by atoms with van der Waals surface area (Å²) in [6.45, 7) is 3.76. The maximum atomic E-state index is 6.06. The van der Waals surface area contributed by atoms with Crippen LogP contribution in [-0.2, 0) is 6.42 Å². The van der Waals surface area contributed by atoms with Crippen molar-refractivity contribution >= 4 is 23.2 Å². The lowest BCUT2D eigenvalue weighted by Gasteiger charge is -2.10. The molecule has 18 heavy (non-hydrogen) atoms. The van der Waals surface area contributed by atoms with Gasteiger partial charge in [-0.1, -0.05) is 47.5 Å². The van der Waals surface area contributed by atoms with Crippen molar-refractivity contribution in [2.45, 2.75) is 12.8 Å². The highest BCUT2D eigenvalue weighted by Gasteiger charge is 2.05. The minimum atomic E-state index is 0.750. The van der Waals surface area contributed by atoms with Gasteiger partial charge < -0.3 is 0 Å². The van der Waals surface area contributed by atoms with E-state index >= 15 is 0 Å². The molecule has 2 heteroatoms. The predicted octanol–water partition coefficient (Wildman–Crippen LogP) is 5.78. The van der Waals surface area contributed by atoms with Crippen molar-refractivity contribution in [3.8, 4) is 11.1 Å². The summed E-state index contributed by atoms with van der Waals surface area (Å²) in [7, 11) is 0. The van der Waals surface area contributed by atoms with E-state index in [1.165, 1.54) is 11.1 Å². The molecule has 0 saturated heterocycles. The summed E-state index contributed by atoms with van der Waals surface area (Å²) in [5.41, 5.74) is 3.61. The Bertz CT molecular complexity index is 542. The number of aryl methyl sites for hydroxylation is 1. The largest absolute Gasteiger partial charge is 0.103 e. The summed E-state index contributed by atoms with van der Waals surface area (Å²) in [5, 5.41) is 1.52. The Balaban J connectivity index is 2.42. The van der Waals surface area contributed by atoms with Gasteiger partial charge in [0.25, 0.3) is 0 Å². The van der Waals surface area contributed by atoms with Crippen molar-refractivity contribution in [3.63, 3.8) is 0 Å². The summed E-state index contributed by atoms with van der Waals surface area (Å²) < 4.78 is 0. The average molecular weight is 277 g/mol. The average Bonchev–Trinajstić information content (AvgIpc) is 2.38. The minimum Gasteiger partial charge on any atom is -0.103 e. The van der Waals surface area contributed by atoms with Gasteiger partial charge in [-0.25, -0.2) is 0 Å². The van der Waals surface area contributed by atoms with Crippen LogP contribution < -0.4 is 0 Å². The van der Waals surface area contributed by atoms with Gasteiger partial charge in [-0.2, -0.15) is 0 Å². The summed E-state index contributed by atoms with van der Waals surface area (Å²) in [6, 6.07) is 13.9. The van der Waals surface area contributed by atoms with Gasteiger partial charge in [0, 0.05) is 10.0 Å². The van der Waals surface area contributed by atoms with Gasteiger partial charge in [-0.05, 0) is 53.8 Å². The molecule has 0 spiro atoms. The molecular weight excluding hydrogens is 263 g/mol.